The first-order valence-corrected chi connectivity index (χ1v) is 11.4. The van der Waals surface area contributed by atoms with E-state index in [0.717, 1.165) is 33.8 Å². The van der Waals surface area contributed by atoms with E-state index in [9.17, 15) is 9.59 Å². The summed E-state index contributed by atoms with van der Waals surface area (Å²) >= 11 is 6.54. The van der Waals surface area contributed by atoms with Crippen LogP contribution in [0.3, 0.4) is 0 Å². The molecule has 3 aliphatic rings. The van der Waals surface area contributed by atoms with Crippen LogP contribution in [0.1, 0.15) is 47.3 Å². The predicted octanol–water partition coefficient (Wildman–Crippen LogP) is 4.87. The van der Waals surface area contributed by atoms with Crippen LogP contribution in [0, 0.1) is 6.92 Å². The van der Waals surface area contributed by atoms with Crippen LogP contribution in [-0.2, 0) is 15.9 Å². The van der Waals surface area contributed by atoms with Gasteiger partial charge in [0.1, 0.15) is 11.4 Å². The standard InChI is InChI=1S/C26H29ClN3O2/c1-7-22(31)29-13-12-26(15-29)23-16(2)20(27)10-11-21(23)30(26,6)17-8-9-19-18(14-17)24(32)28(5)25(19,3)4/h7-11,14H,1,12-13,15H2,2-6H3/q+1/t26-,30?/m0/s1. The van der Waals surface area contributed by atoms with Crippen LogP contribution in [0.2, 0.25) is 5.02 Å². The van der Waals surface area contributed by atoms with Crippen molar-refractivity contribution in [2.75, 3.05) is 27.2 Å². The lowest BCUT2D eigenvalue weighted by molar-refractivity contribution is -0.125. The Balaban J connectivity index is 1.71. The van der Waals surface area contributed by atoms with Gasteiger partial charge >= 0.3 is 0 Å². The number of nitrogens with zero attached hydrogens (tertiary/aromatic N) is 3. The molecule has 5 nitrogen and oxygen atoms in total. The van der Waals surface area contributed by atoms with Gasteiger partial charge in [-0.15, -0.1) is 0 Å². The zero-order chi connectivity index (χ0) is 23.2. The second kappa shape index (κ2) is 6.46. The first-order chi connectivity index (χ1) is 15.0. The minimum Gasteiger partial charge on any atom is -0.332 e. The minimum absolute atomic E-state index is 0.0472. The van der Waals surface area contributed by atoms with Gasteiger partial charge in [-0.25, -0.2) is 0 Å². The topological polar surface area (TPSA) is 40.6 Å². The molecule has 1 fully saturated rings. The molecular weight excluding hydrogens is 422 g/mol. The molecule has 0 saturated carbocycles. The Morgan fingerprint density at radius 3 is 2.66 bits per heavy atom. The predicted molar refractivity (Wildman–Crippen MR) is 128 cm³/mol. The second-order valence-corrected chi connectivity index (χ2v) is 10.4. The molecule has 1 spiro atoms. The van der Waals surface area contributed by atoms with E-state index in [1.807, 2.05) is 22.9 Å². The van der Waals surface area contributed by atoms with Gasteiger partial charge in [-0.2, -0.15) is 0 Å². The number of hydrogen-bond acceptors (Lipinski definition) is 2. The number of amides is 2. The Bertz CT molecular complexity index is 1220. The summed E-state index contributed by atoms with van der Waals surface area (Å²) in [6.45, 7) is 11.2. The molecule has 0 N–H and O–H groups in total. The first kappa shape index (κ1) is 21.2. The van der Waals surface area contributed by atoms with Gasteiger partial charge in [0.2, 0.25) is 5.91 Å². The van der Waals surface area contributed by atoms with E-state index in [1.165, 1.54) is 17.3 Å². The third-order valence-corrected chi connectivity index (χ3v) is 8.88. The lowest BCUT2D eigenvalue weighted by atomic mass is 9.71. The molecule has 2 atom stereocenters. The third-order valence-electron chi connectivity index (χ3n) is 8.47. The maximum atomic E-state index is 13.1. The summed E-state index contributed by atoms with van der Waals surface area (Å²) in [5, 5.41) is 0.746. The second-order valence-electron chi connectivity index (χ2n) is 9.97. The van der Waals surface area contributed by atoms with E-state index in [-0.39, 0.29) is 22.9 Å². The number of carbonyl (C=O) groups excluding carboxylic acids is 2. The molecule has 1 saturated heterocycles. The van der Waals surface area contributed by atoms with Gasteiger partial charge in [-0.1, -0.05) is 18.2 Å². The van der Waals surface area contributed by atoms with Crippen molar-refractivity contribution >= 4 is 34.8 Å². The fourth-order valence-electron chi connectivity index (χ4n) is 6.24. The highest BCUT2D eigenvalue weighted by Crippen LogP contribution is 2.63. The summed E-state index contributed by atoms with van der Waals surface area (Å²) in [6, 6.07) is 10.4. The SMILES string of the molecule is C=CC(=O)N1CC[C@]2(C1)c1c(ccc(Cl)c1C)[N+]2(C)c1ccc2c(c1)C(=O)N(C)C2(C)C. The van der Waals surface area contributed by atoms with E-state index >= 15 is 0 Å². The van der Waals surface area contributed by atoms with Crippen molar-refractivity contribution in [3.63, 3.8) is 0 Å². The van der Waals surface area contributed by atoms with Crippen molar-refractivity contribution in [1.29, 1.82) is 0 Å². The smallest absolute Gasteiger partial charge is 0.254 e. The summed E-state index contributed by atoms with van der Waals surface area (Å²) in [6.07, 6.45) is 2.22. The molecular formula is C26H29ClN3O2+. The molecule has 32 heavy (non-hydrogen) atoms. The van der Waals surface area contributed by atoms with Crippen LogP contribution in [0.25, 0.3) is 0 Å². The summed E-state index contributed by atoms with van der Waals surface area (Å²) in [5.74, 6) is 0.00415. The lowest BCUT2D eigenvalue weighted by Gasteiger charge is -2.57. The van der Waals surface area contributed by atoms with E-state index in [4.69, 9.17) is 11.6 Å². The number of rotatable bonds is 2. The number of likely N-dealkylation sites (tertiary alicyclic amines) is 1. The number of quaternary nitrogens is 1. The summed E-state index contributed by atoms with van der Waals surface area (Å²) in [5.41, 5.74) is 5.72. The van der Waals surface area contributed by atoms with Crippen molar-refractivity contribution in [3.8, 4) is 0 Å². The summed E-state index contributed by atoms with van der Waals surface area (Å²) < 4.78 is 0.548. The molecule has 0 radical (unpaired) electrons. The molecule has 2 amide bonds. The van der Waals surface area contributed by atoms with E-state index in [0.29, 0.717) is 17.6 Å². The van der Waals surface area contributed by atoms with Crippen LogP contribution >= 0.6 is 11.6 Å². The molecule has 0 aliphatic carbocycles. The van der Waals surface area contributed by atoms with Gasteiger partial charge in [0, 0.05) is 37.2 Å². The van der Waals surface area contributed by atoms with Gasteiger partial charge in [0.15, 0.2) is 5.54 Å². The molecule has 3 heterocycles. The average molecular weight is 451 g/mol. The van der Waals surface area contributed by atoms with Gasteiger partial charge in [0.25, 0.3) is 5.91 Å². The minimum atomic E-state index is -0.335. The summed E-state index contributed by atoms with van der Waals surface area (Å²) in [7, 11) is 4.06. The molecule has 2 aromatic rings. The van der Waals surface area contributed by atoms with Crippen LogP contribution in [0.4, 0.5) is 11.4 Å². The van der Waals surface area contributed by atoms with Gasteiger partial charge in [-0.3, -0.25) is 14.1 Å². The quantitative estimate of drug-likeness (QED) is 0.484. The summed E-state index contributed by atoms with van der Waals surface area (Å²) in [4.78, 5) is 29.2. The molecule has 5 rings (SSSR count). The number of halogens is 1. The number of benzene rings is 2. The zero-order valence-electron chi connectivity index (χ0n) is 19.3. The zero-order valence-corrected chi connectivity index (χ0v) is 20.1. The highest BCUT2D eigenvalue weighted by Gasteiger charge is 2.67. The largest absolute Gasteiger partial charge is 0.332 e. The Hall–Kier alpha value is -2.63. The molecule has 0 bridgehead atoms. The van der Waals surface area contributed by atoms with Crippen molar-refractivity contribution in [2.45, 2.75) is 38.3 Å². The van der Waals surface area contributed by atoms with Crippen LogP contribution in [0.15, 0.2) is 43.0 Å². The molecule has 6 heteroatoms. The Morgan fingerprint density at radius 1 is 1.25 bits per heavy atom. The van der Waals surface area contributed by atoms with Crippen molar-refractivity contribution in [2.24, 2.45) is 0 Å². The fraction of sp³-hybridized carbons (Fsp3) is 0.385. The Labute approximate surface area is 194 Å². The average Bonchev–Trinajstić information content (AvgIpc) is 3.31. The van der Waals surface area contributed by atoms with Crippen LogP contribution < -0.4 is 4.48 Å². The Morgan fingerprint density at radius 2 is 1.97 bits per heavy atom. The molecule has 166 valence electrons. The van der Waals surface area contributed by atoms with Crippen molar-refractivity contribution in [3.05, 3.63) is 70.3 Å². The fourth-order valence-corrected chi connectivity index (χ4v) is 6.39. The van der Waals surface area contributed by atoms with E-state index in [1.54, 1.807) is 0 Å². The maximum absolute atomic E-state index is 13.1. The molecule has 3 aliphatic heterocycles. The molecule has 2 aromatic carbocycles. The van der Waals surface area contributed by atoms with Gasteiger partial charge in [0.05, 0.1) is 30.3 Å². The van der Waals surface area contributed by atoms with E-state index < -0.39 is 0 Å². The molecule has 1 unspecified atom stereocenters. The van der Waals surface area contributed by atoms with E-state index in [2.05, 4.69) is 58.7 Å². The highest BCUT2D eigenvalue weighted by molar-refractivity contribution is 6.31. The number of carbonyl (C=O) groups is 2. The maximum Gasteiger partial charge on any atom is 0.254 e. The number of hydrogen-bond donors (Lipinski definition) is 0. The van der Waals surface area contributed by atoms with Crippen LogP contribution in [-0.4, -0.2) is 48.8 Å². The highest BCUT2D eigenvalue weighted by atomic mass is 35.5. The third kappa shape index (κ3) is 2.28. The van der Waals surface area contributed by atoms with Gasteiger partial charge in [-0.05, 0) is 56.2 Å². The number of fused-ring (bicyclic) bond motifs is 3. The van der Waals surface area contributed by atoms with Crippen molar-refractivity contribution < 1.29 is 9.59 Å². The van der Waals surface area contributed by atoms with Gasteiger partial charge < -0.3 is 9.80 Å². The van der Waals surface area contributed by atoms with Crippen molar-refractivity contribution in [1.82, 2.24) is 14.3 Å². The van der Waals surface area contributed by atoms with Crippen LogP contribution in [0.5, 0.6) is 0 Å². The Kier molecular flexibility index (Phi) is 4.28. The first-order valence-electron chi connectivity index (χ1n) is 11.0. The molecule has 0 aromatic heterocycles. The number of likely N-dealkylation sites (N-methyl/N-ethyl adjacent to an activating group) is 1. The normalized spacial score (nSPS) is 27.4. The lowest BCUT2D eigenvalue weighted by Crippen LogP contribution is -2.67. The monoisotopic (exact) mass is 450 g/mol.